The molecule has 98 valence electrons. The van der Waals surface area contributed by atoms with Gasteiger partial charge in [0, 0.05) is 11.1 Å². The van der Waals surface area contributed by atoms with E-state index in [2.05, 4.69) is 0 Å². The van der Waals surface area contributed by atoms with E-state index in [1.165, 1.54) is 0 Å². The van der Waals surface area contributed by atoms with E-state index in [0.717, 1.165) is 5.75 Å². The fourth-order valence-electron chi connectivity index (χ4n) is 1.70. The SMILES string of the molecule is CCOc1ccc(C(=O)c2ccc(N)c(Cl)c2)cc1. The van der Waals surface area contributed by atoms with Crippen LogP contribution < -0.4 is 10.5 Å². The summed E-state index contributed by atoms with van der Waals surface area (Å²) in [6.07, 6.45) is 0. The molecule has 0 bridgehead atoms. The summed E-state index contributed by atoms with van der Waals surface area (Å²) in [7, 11) is 0. The molecule has 0 unspecified atom stereocenters. The number of hydrogen-bond acceptors (Lipinski definition) is 3. The smallest absolute Gasteiger partial charge is 0.193 e. The van der Waals surface area contributed by atoms with Crippen LogP contribution in [0.3, 0.4) is 0 Å². The lowest BCUT2D eigenvalue weighted by atomic mass is 10.0. The molecule has 0 fully saturated rings. The number of halogens is 1. The molecule has 2 aromatic rings. The molecule has 3 nitrogen and oxygen atoms in total. The van der Waals surface area contributed by atoms with Gasteiger partial charge in [-0.15, -0.1) is 0 Å². The maximum atomic E-state index is 12.2. The summed E-state index contributed by atoms with van der Waals surface area (Å²) in [5, 5.41) is 0.386. The molecular formula is C15H14ClNO2. The molecule has 0 aliphatic carbocycles. The van der Waals surface area contributed by atoms with Crippen LogP contribution >= 0.6 is 11.6 Å². The number of ketones is 1. The average Bonchev–Trinajstić information content (AvgIpc) is 2.42. The van der Waals surface area contributed by atoms with Gasteiger partial charge in [0.15, 0.2) is 5.78 Å². The second-order valence-electron chi connectivity index (χ2n) is 4.02. The highest BCUT2D eigenvalue weighted by Gasteiger charge is 2.10. The molecule has 0 saturated carbocycles. The van der Waals surface area contributed by atoms with Gasteiger partial charge < -0.3 is 10.5 Å². The number of benzene rings is 2. The minimum absolute atomic E-state index is 0.0926. The molecule has 2 rings (SSSR count). The summed E-state index contributed by atoms with van der Waals surface area (Å²) >= 11 is 5.91. The first-order valence-electron chi connectivity index (χ1n) is 5.94. The monoisotopic (exact) mass is 275 g/mol. The average molecular weight is 276 g/mol. The molecular weight excluding hydrogens is 262 g/mol. The summed E-state index contributed by atoms with van der Waals surface area (Å²) in [6.45, 7) is 2.51. The van der Waals surface area contributed by atoms with Gasteiger partial charge in [0.25, 0.3) is 0 Å². The largest absolute Gasteiger partial charge is 0.494 e. The summed E-state index contributed by atoms with van der Waals surface area (Å²) in [4.78, 5) is 12.2. The lowest BCUT2D eigenvalue weighted by Gasteiger charge is -2.06. The number of nitrogen functional groups attached to an aromatic ring is 1. The molecule has 0 atom stereocenters. The lowest BCUT2D eigenvalue weighted by Crippen LogP contribution is -2.02. The Kier molecular flexibility index (Phi) is 4.07. The number of rotatable bonds is 4. The molecule has 0 spiro atoms. The predicted octanol–water partition coefficient (Wildman–Crippen LogP) is 3.55. The first kappa shape index (κ1) is 13.4. The Balaban J connectivity index is 2.25. The maximum absolute atomic E-state index is 12.2. The number of carbonyl (C=O) groups is 1. The zero-order valence-electron chi connectivity index (χ0n) is 10.5. The second kappa shape index (κ2) is 5.76. The minimum atomic E-state index is -0.0926. The standard InChI is InChI=1S/C15H14ClNO2/c1-2-19-12-6-3-10(4-7-12)15(18)11-5-8-14(17)13(16)9-11/h3-9H,2,17H2,1H3. The van der Waals surface area contributed by atoms with Crippen molar-refractivity contribution in [3.63, 3.8) is 0 Å². The molecule has 0 radical (unpaired) electrons. The van der Waals surface area contributed by atoms with Crippen molar-refractivity contribution in [1.82, 2.24) is 0 Å². The third-order valence-electron chi connectivity index (χ3n) is 2.69. The van der Waals surface area contributed by atoms with Gasteiger partial charge in [0.1, 0.15) is 5.75 Å². The van der Waals surface area contributed by atoms with Gasteiger partial charge in [-0.3, -0.25) is 4.79 Å². The van der Waals surface area contributed by atoms with E-state index in [1.807, 2.05) is 6.92 Å². The normalized spacial score (nSPS) is 10.2. The molecule has 0 aliphatic rings. The predicted molar refractivity (Wildman–Crippen MR) is 76.9 cm³/mol. The third kappa shape index (κ3) is 3.06. The van der Waals surface area contributed by atoms with Crippen LogP contribution in [0.4, 0.5) is 5.69 Å². The van der Waals surface area contributed by atoms with Gasteiger partial charge >= 0.3 is 0 Å². The van der Waals surface area contributed by atoms with Crippen molar-refractivity contribution >= 4 is 23.1 Å². The van der Waals surface area contributed by atoms with Gasteiger partial charge in [-0.05, 0) is 49.4 Å². The quantitative estimate of drug-likeness (QED) is 0.686. The van der Waals surface area contributed by atoms with Crippen molar-refractivity contribution in [2.45, 2.75) is 6.92 Å². The Hall–Kier alpha value is -2.00. The second-order valence-corrected chi connectivity index (χ2v) is 4.43. The van der Waals surface area contributed by atoms with Gasteiger partial charge in [0.2, 0.25) is 0 Å². The lowest BCUT2D eigenvalue weighted by molar-refractivity contribution is 0.103. The van der Waals surface area contributed by atoms with E-state index in [0.29, 0.717) is 28.4 Å². The van der Waals surface area contributed by atoms with Crippen LogP contribution in [-0.4, -0.2) is 12.4 Å². The fraction of sp³-hybridized carbons (Fsp3) is 0.133. The summed E-state index contributed by atoms with van der Waals surface area (Å²) in [5.41, 5.74) is 7.19. The van der Waals surface area contributed by atoms with Crippen molar-refractivity contribution in [2.75, 3.05) is 12.3 Å². The molecule has 2 aromatic carbocycles. The Bertz CT molecular complexity index is 594. The van der Waals surface area contributed by atoms with E-state index < -0.39 is 0 Å². The van der Waals surface area contributed by atoms with E-state index in [1.54, 1.807) is 42.5 Å². The number of ether oxygens (including phenoxy) is 1. The fourth-order valence-corrected chi connectivity index (χ4v) is 1.88. The molecule has 0 aliphatic heterocycles. The molecule has 2 N–H and O–H groups in total. The van der Waals surface area contributed by atoms with Gasteiger partial charge in [-0.1, -0.05) is 11.6 Å². The zero-order valence-corrected chi connectivity index (χ0v) is 11.3. The summed E-state index contributed by atoms with van der Waals surface area (Å²) < 4.78 is 5.33. The Morgan fingerprint density at radius 3 is 2.37 bits per heavy atom. The summed E-state index contributed by atoms with van der Waals surface area (Å²) in [5.74, 6) is 0.652. The van der Waals surface area contributed by atoms with Gasteiger partial charge in [0.05, 0.1) is 17.3 Å². The zero-order chi connectivity index (χ0) is 13.8. The number of nitrogens with two attached hydrogens (primary N) is 1. The molecule has 0 saturated heterocycles. The topological polar surface area (TPSA) is 52.3 Å². The van der Waals surface area contributed by atoms with Crippen LogP contribution in [0.5, 0.6) is 5.75 Å². The molecule has 19 heavy (non-hydrogen) atoms. The molecule has 4 heteroatoms. The number of carbonyl (C=O) groups excluding carboxylic acids is 1. The molecule has 0 aromatic heterocycles. The molecule has 0 amide bonds. The van der Waals surface area contributed by atoms with Gasteiger partial charge in [-0.2, -0.15) is 0 Å². The van der Waals surface area contributed by atoms with Crippen LogP contribution in [0.15, 0.2) is 42.5 Å². The van der Waals surface area contributed by atoms with E-state index in [9.17, 15) is 4.79 Å². The first-order chi connectivity index (χ1) is 9.11. The van der Waals surface area contributed by atoms with Crippen molar-refractivity contribution in [1.29, 1.82) is 0 Å². The third-order valence-corrected chi connectivity index (χ3v) is 3.02. The van der Waals surface area contributed by atoms with Crippen LogP contribution in [0, 0.1) is 0 Å². The van der Waals surface area contributed by atoms with Crippen molar-refractivity contribution in [2.24, 2.45) is 0 Å². The van der Waals surface area contributed by atoms with Crippen LogP contribution in [-0.2, 0) is 0 Å². The Morgan fingerprint density at radius 2 is 1.79 bits per heavy atom. The maximum Gasteiger partial charge on any atom is 0.193 e. The van der Waals surface area contributed by atoms with E-state index >= 15 is 0 Å². The van der Waals surface area contributed by atoms with E-state index in [4.69, 9.17) is 22.1 Å². The first-order valence-corrected chi connectivity index (χ1v) is 6.32. The van der Waals surface area contributed by atoms with E-state index in [-0.39, 0.29) is 5.78 Å². The highest BCUT2D eigenvalue weighted by Crippen LogP contribution is 2.22. The summed E-state index contributed by atoms with van der Waals surface area (Å²) in [6, 6.07) is 11.9. The number of hydrogen-bond donors (Lipinski definition) is 1. The highest BCUT2D eigenvalue weighted by molar-refractivity contribution is 6.33. The van der Waals surface area contributed by atoms with Gasteiger partial charge in [-0.25, -0.2) is 0 Å². The van der Waals surface area contributed by atoms with Crippen LogP contribution in [0.1, 0.15) is 22.8 Å². The number of anilines is 1. The van der Waals surface area contributed by atoms with Crippen LogP contribution in [0.2, 0.25) is 5.02 Å². The highest BCUT2D eigenvalue weighted by atomic mass is 35.5. The minimum Gasteiger partial charge on any atom is -0.494 e. The molecule has 0 heterocycles. The van der Waals surface area contributed by atoms with Crippen molar-refractivity contribution in [3.8, 4) is 5.75 Å². The Morgan fingerprint density at radius 1 is 1.16 bits per heavy atom. The van der Waals surface area contributed by atoms with Crippen LogP contribution in [0.25, 0.3) is 0 Å². The van der Waals surface area contributed by atoms with Crippen molar-refractivity contribution in [3.05, 3.63) is 58.6 Å². The Labute approximate surface area is 117 Å². The van der Waals surface area contributed by atoms with Crippen molar-refractivity contribution < 1.29 is 9.53 Å².